The van der Waals surface area contributed by atoms with E-state index in [0.717, 1.165) is 6.07 Å². The highest BCUT2D eigenvalue weighted by Gasteiger charge is 2.12. The maximum atomic E-state index is 13.4. The highest BCUT2D eigenvalue weighted by molar-refractivity contribution is 6.31. The molecule has 0 aliphatic carbocycles. The molecule has 0 aliphatic heterocycles. The number of fused-ring (bicyclic) bond motifs is 1. The number of rotatable bonds is 1. The minimum atomic E-state index is -1.21. The van der Waals surface area contributed by atoms with Crippen LogP contribution < -0.4 is 0 Å². The number of benzene rings is 1. The van der Waals surface area contributed by atoms with Gasteiger partial charge in [-0.1, -0.05) is 11.6 Å². The predicted molar refractivity (Wildman–Crippen MR) is 53.7 cm³/mol. The first kappa shape index (κ1) is 9.86. The first-order valence-electron chi connectivity index (χ1n) is 4.06. The Bertz CT molecular complexity index is 556. The van der Waals surface area contributed by atoms with Gasteiger partial charge in [-0.05, 0) is 18.2 Å². The fourth-order valence-corrected chi connectivity index (χ4v) is 1.58. The molecule has 3 nitrogen and oxygen atoms in total. The number of nitrogens with zero attached hydrogens (tertiary/aromatic N) is 1. The van der Waals surface area contributed by atoms with E-state index in [4.69, 9.17) is 16.7 Å². The monoisotopic (exact) mass is 225 g/mol. The molecular formula is C10H5ClFNO2. The Morgan fingerprint density at radius 3 is 2.80 bits per heavy atom. The number of aromatic carboxylic acids is 1. The number of carboxylic acid groups (broad SMARTS) is 1. The van der Waals surface area contributed by atoms with Gasteiger partial charge in [-0.2, -0.15) is 0 Å². The molecule has 1 heterocycles. The van der Waals surface area contributed by atoms with Gasteiger partial charge in [0.1, 0.15) is 5.82 Å². The third-order valence-electron chi connectivity index (χ3n) is 2.00. The molecule has 2 rings (SSSR count). The maximum absolute atomic E-state index is 13.4. The van der Waals surface area contributed by atoms with E-state index < -0.39 is 11.8 Å². The van der Waals surface area contributed by atoms with Gasteiger partial charge in [-0.3, -0.25) is 0 Å². The molecule has 0 atom stereocenters. The molecule has 1 N–H and O–H groups in total. The average Bonchev–Trinajstić information content (AvgIpc) is 2.16. The minimum absolute atomic E-state index is 0.149. The van der Waals surface area contributed by atoms with E-state index >= 15 is 0 Å². The van der Waals surface area contributed by atoms with E-state index in [2.05, 4.69) is 4.98 Å². The van der Waals surface area contributed by atoms with Crippen LogP contribution in [0.4, 0.5) is 4.39 Å². The van der Waals surface area contributed by atoms with Crippen LogP contribution >= 0.6 is 11.6 Å². The third-order valence-corrected chi connectivity index (χ3v) is 2.22. The highest BCUT2D eigenvalue weighted by atomic mass is 35.5. The van der Waals surface area contributed by atoms with Crippen LogP contribution in [-0.4, -0.2) is 16.1 Å². The fourth-order valence-electron chi connectivity index (χ4n) is 1.38. The second-order valence-electron chi connectivity index (χ2n) is 2.95. The van der Waals surface area contributed by atoms with Gasteiger partial charge in [0.25, 0.3) is 0 Å². The summed E-state index contributed by atoms with van der Waals surface area (Å²) in [6, 6.07) is 3.93. The van der Waals surface area contributed by atoms with Crippen LogP contribution in [0, 0.1) is 5.82 Å². The third kappa shape index (κ3) is 1.64. The van der Waals surface area contributed by atoms with Crippen molar-refractivity contribution in [2.45, 2.75) is 0 Å². The predicted octanol–water partition coefficient (Wildman–Crippen LogP) is 2.73. The topological polar surface area (TPSA) is 50.2 Å². The fraction of sp³-hybridized carbons (Fsp3) is 0. The molecular weight excluding hydrogens is 221 g/mol. The summed E-state index contributed by atoms with van der Waals surface area (Å²) >= 11 is 5.64. The Labute approximate surface area is 89.1 Å². The Morgan fingerprint density at radius 2 is 2.13 bits per heavy atom. The number of aromatic nitrogens is 1. The summed E-state index contributed by atoms with van der Waals surface area (Å²) < 4.78 is 13.4. The van der Waals surface area contributed by atoms with E-state index in [0.29, 0.717) is 0 Å². The lowest BCUT2D eigenvalue weighted by Crippen LogP contribution is -2.01. The number of halogens is 2. The van der Waals surface area contributed by atoms with Crippen molar-refractivity contribution >= 4 is 28.3 Å². The van der Waals surface area contributed by atoms with Crippen molar-refractivity contribution in [1.82, 2.24) is 4.98 Å². The smallest absolute Gasteiger partial charge is 0.355 e. The molecule has 0 aliphatic rings. The zero-order valence-corrected chi connectivity index (χ0v) is 8.12. The number of carboxylic acids is 1. The van der Waals surface area contributed by atoms with Gasteiger partial charge in [0, 0.05) is 22.0 Å². The van der Waals surface area contributed by atoms with Crippen LogP contribution in [0.5, 0.6) is 0 Å². The van der Waals surface area contributed by atoms with Crippen molar-refractivity contribution in [1.29, 1.82) is 0 Å². The maximum Gasteiger partial charge on any atom is 0.355 e. The Kier molecular flexibility index (Phi) is 2.28. The van der Waals surface area contributed by atoms with Crippen molar-refractivity contribution < 1.29 is 14.3 Å². The van der Waals surface area contributed by atoms with Crippen LogP contribution in [0.3, 0.4) is 0 Å². The Morgan fingerprint density at radius 1 is 1.40 bits per heavy atom. The molecule has 0 unspecified atom stereocenters. The Balaban J connectivity index is 2.91. The van der Waals surface area contributed by atoms with Gasteiger partial charge in [0.2, 0.25) is 0 Å². The number of carbonyl (C=O) groups is 1. The molecule has 0 saturated carbocycles. The molecule has 76 valence electrons. The summed E-state index contributed by atoms with van der Waals surface area (Å²) in [4.78, 5) is 14.5. The minimum Gasteiger partial charge on any atom is -0.476 e. The van der Waals surface area contributed by atoms with Gasteiger partial charge in [0.15, 0.2) is 5.69 Å². The van der Waals surface area contributed by atoms with Crippen molar-refractivity contribution in [3.05, 3.63) is 40.9 Å². The number of pyridine rings is 1. The van der Waals surface area contributed by atoms with Crippen molar-refractivity contribution in [3.8, 4) is 0 Å². The zero-order chi connectivity index (χ0) is 11.0. The summed E-state index contributed by atoms with van der Waals surface area (Å²) in [5.74, 6) is -1.76. The van der Waals surface area contributed by atoms with E-state index in [1.165, 1.54) is 18.3 Å². The molecule has 0 saturated heterocycles. The molecule has 0 bridgehead atoms. The number of hydrogen-bond donors (Lipinski definition) is 1. The van der Waals surface area contributed by atoms with Crippen LogP contribution in [0.1, 0.15) is 10.5 Å². The van der Waals surface area contributed by atoms with Gasteiger partial charge in [-0.25, -0.2) is 14.2 Å². The standard InChI is InChI=1S/C10H5ClFNO2/c11-5-3-7-6(8(12)4-5)1-2-13-9(7)10(14)15/h1-4H,(H,14,15). The average molecular weight is 226 g/mol. The summed E-state index contributed by atoms with van der Waals surface area (Å²) in [6.07, 6.45) is 1.25. The number of hydrogen-bond acceptors (Lipinski definition) is 2. The highest BCUT2D eigenvalue weighted by Crippen LogP contribution is 2.24. The van der Waals surface area contributed by atoms with E-state index in [1.54, 1.807) is 0 Å². The molecule has 0 radical (unpaired) electrons. The van der Waals surface area contributed by atoms with E-state index in [1.807, 2.05) is 0 Å². The summed E-state index contributed by atoms with van der Waals surface area (Å²) in [6.45, 7) is 0. The molecule has 0 spiro atoms. The second-order valence-corrected chi connectivity index (χ2v) is 3.38. The van der Waals surface area contributed by atoms with Crippen molar-refractivity contribution in [2.75, 3.05) is 0 Å². The molecule has 15 heavy (non-hydrogen) atoms. The van der Waals surface area contributed by atoms with Gasteiger partial charge < -0.3 is 5.11 Å². The first-order chi connectivity index (χ1) is 7.09. The van der Waals surface area contributed by atoms with Gasteiger partial charge in [-0.15, -0.1) is 0 Å². The zero-order valence-electron chi connectivity index (χ0n) is 7.37. The summed E-state index contributed by atoms with van der Waals surface area (Å²) in [5.41, 5.74) is -0.200. The molecule has 2 aromatic rings. The quantitative estimate of drug-likeness (QED) is 0.812. The summed E-state index contributed by atoms with van der Waals surface area (Å²) in [5, 5.41) is 9.39. The SMILES string of the molecule is O=C(O)c1nccc2c(F)cc(Cl)cc12. The first-order valence-corrected chi connectivity index (χ1v) is 4.44. The van der Waals surface area contributed by atoms with Crippen molar-refractivity contribution in [3.63, 3.8) is 0 Å². The van der Waals surface area contributed by atoms with E-state index in [9.17, 15) is 9.18 Å². The molecule has 1 aromatic carbocycles. The van der Waals surface area contributed by atoms with Crippen LogP contribution in [0.2, 0.25) is 5.02 Å². The molecule has 5 heteroatoms. The summed E-state index contributed by atoms with van der Waals surface area (Å²) in [7, 11) is 0. The Hall–Kier alpha value is -1.68. The molecule has 0 fully saturated rings. The van der Waals surface area contributed by atoms with E-state index in [-0.39, 0.29) is 21.5 Å². The lowest BCUT2D eigenvalue weighted by molar-refractivity contribution is 0.0693. The second kappa shape index (κ2) is 3.47. The van der Waals surface area contributed by atoms with Crippen LogP contribution in [-0.2, 0) is 0 Å². The lowest BCUT2D eigenvalue weighted by atomic mass is 10.1. The van der Waals surface area contributed by atoms with Crippen LogP contribution in [0.15, 0.2) is 24.4 Å². The normalized spacial score (nSPS) is 10.5. The largest absolute Gasteiger partial charge is 0.476 e. The van der Waals surface area contributed by atoms with Gasteiger partial charge in [0.05, 0.1) is 0 Å². The van der Waals surface area contributed by atoms with Crippen LogP contribution in [0.25, 0.3) is 10.8 Å². The van der Waals surface area contributed by atoms with Gasteiger partial charge >= 0.3 is 5.97 Å². The molecule has 1 aromatic heterocycles. The van der Waals surface area contributed by atoms with Crippen molar-refractivity contribution in [2.24, 2.45) is 0 Å². The lowest BCUT2D eigenvalue weighted by Gasteiger charge is -2.03. The molecule has 0 amide bonds.